The number of alkyl halides is 3. The summed E-state index contributed by atoms with van der Waals surface area (Å²) in [7, 11) is 1.75. The minimum Gasteiger partial charge on any atom is -0.501 e. The normalized spacial score (nSPS) is 18.8. The first-order valence-corrected chi connectivity index (χ1v) is 15.2. The highest BCUT2D eigenvalue weighted by Crippen LogP contribution is 2.36. The number of sulfonamides is 1. The Balaban J connectivity index is 0.000000510. The summed E-state index contributed by atoms with van der Waals surface area (Å²) in [5.41, 5.74) is 3.27. The molecule has 0 aromatic heterocycles. The maximum Gasteiger partial charge on any atom is 0.448 e. The van der Waals surface area contributed by atoms with Crippen molar-refractivity contribution in [2.45, 2.75) is 36.6 Å². The van der Waals surface area contributed by atoms with Crippen LogP contribution in [-0.2, 0) is 29.0 Å². The number of hydrogen-bond donors (Lipinski definition) is 2. The molecule has 242 valence electrons. The van der Waals surface area contributed by atoms with Crippen molar-refractivity contribution in [3.8, 4) is 5.75 Å². The molecule has 2 N–H and O–H groups in total. The number of halogens is 3. The van der Waals surface area contributed by atoms with Crippen LogP contribution in [0.1, 0.15) is 12.0 Å². The number of aromatic hydroxyl groups is 1. The van der Waals surface area contributed by atoms with E-state index in [1.54, 1.807) is 57.9 Å². The largest absolute Gasteiger partial charge is 0.501 e. The van der Waals surface area contributed by atoms with Crippen molar-refractivity contribution >= 4 is 33.2 Å². The number of allylic oxidation sites excluding steroid dienone is 1. The van der Waals surface area contributed by atoms with Crippen molar-refractivity contribution < 1.29 is 49.6 Å². The number of benzene rings is 2. The fraction of sp³-hybridized carbons (Fsp3) is 0.355. The van der Waals surface area contributed by atoms with E-state index < -0.39 is 22.0 Å². The highest BCUT2D eigenvalue weighted by atomic mass is 32.2. The Morgan fingerprint density at radius 2 is 1.84 bits per heavy atom. The highest BCUT2D eigenvalue weighted by Gasteiger charge is 2.40. The minimum atomic E-state index is -4.41. The zero-order valence-corrected chi connectivity index (χ0v) is 26.3. The summed E-state index contributed by atoms with van der Waals surface area (Å²) in [5, 5.41) is 15.9. The number of hydrogen-bond acceptors (Lipinski definition) is 9. The van der Waals surface area contributed by atoms with Crippen molar-refractivity contribution in [1.82, 2.24) is 0 Å². The van der Waals surface area contributed by atoms with Crippen LogP contribution in [0, 0.1) is 6.92 Å². The van der Waals surface area contributed by atoms with Crippen LogP contribution in [0.3, 0.4) is 0 Å². The van der Waals surface area contributed by atoms with Gasteiger partial charge in [-0.05, 0) is 49.3 Å². The molecule has 0 saturated heterocycles. The molecule has 10 nitrogen and oxygen atoms in total. The molecule has 2 aromatic rings. The van der Waals surface area contributed by atoms with Gasteiger partial charge in [0.1, 0.15) is 22.9 Å². The van der Waals surface area contributed by atoms with Crippen LogP contribution in [0.25, 0.3) is 5.57 Å². The van der Waals surface area contributed by atoms with Gasteiger partial charge in [0.2, 0.25) is 5.75 Å². The van der Waals surface area contributed by atoms with Crippen LogP contribution in [0.4, 0.5) is 24.5 Å². The number of nitrogens with zero attached hydrogens (tertiary/aromatic N) is 2. The van der Waals surface area contributed by atoms with Gasteiger partial charge in [-0.15, -0.1) is 0 Å². The fourth-order valence-corrected chi connectivity index (χ4v) is 6.41. The van der Waals surface area contributed by atoms with Gasteiger partial charge in [-0.2, -0.15) is 21.6 Å². The van der Waals surface area contributed by atoms with Gasteiger partial charge in [0.15, 0.2) is 12.0 Å². The smallest absolute Gasteiger partial charge is 0.448 e. The average molecular weight is 651 g/mol. The third-order valence-corrected chi connectivity index (χ3v) is 9.08. The zero-order chi connectivity index (χ0) is 33.1. The first-order valence-electron chi connectivity index (χ1n) is 13.7. The van der Waals surface area contributed by atoms with E-state index in [-0.39, 0.29) is 28.5 Å². The van der Waals surface area contributed by atoms with Crippen molar-refractivity contribution in [3.63, 3.8) is 0 Å². The lowest BCUT2D eigenvalue weighted by atomic mass is 9.99. The summed E-state index contributed by atoms with van der Waals surface area (Å²) >= 11 is 0. The van der Waals surface area contributed by atoms with Gasteiger partial charge in [0.25, 0.3) is 5.69 Å². The average Bonchev–Trinajstić information content (AvgIpc) is 3.43. The molecule has 2 heterocycles. The molecule has 0 amide bonds. The van der Waals surface area contributed by atoms with Gasteiger partial charge in [-0.1, -0.05) is 28.3 Å². The molecule has 1 aliphatic carbocycles. The number of phenolic OH excluding ortho intramolecular Hbond substituents is 1. The monoisotopic (exact) mass is 650 g/mol. The Bertz CT molecular complexity index is 1800. The number of methoxy groups -OCH3 is 4. The highest BCUT2D eigenvalue weighted by molar-refractivity contribution is 7.85. The van der Waals surface area contributed by atoms with Crippen LogP contribution in [0.5, 0.6) is 5.75 Å². The van der Waals surface area contributed by atoms with E-state index in [2.05, 4.69) is 21.6 Å². The Kier molecular flexibility index (Phi) is 10.1. The fourth-order valence-electron chi connectivity index (χ4n) is 5.02. The molecular weight excluding hydrogens is 615 g/mol. The molecule has 5 rings (SSSR count). The van der Waals surface area contributed by atoms with E-state index in [9.17, 15) is 26.7 Å². The number of rotatable bonds is 9. The first kappa shape index (κ1) is 33.7. The second kappa shape index (κ2) is 13.5. The quantitative estimate of drug-likeness (QED) is 0.240. The van der Waals surface area contributed by atoms with Crippen LogP contribution in [0.2, 0.25) is 0 Å². The molecule has 2 atom stereocenters. The molecule has 14 heteroatoms. The second-order valence-electron chi connectivity index (χ2n) is 10.2. The molecule has 0 saturated carbocycles. The standard InChI is InChI=1S/C27H29N3O6S.C4H5F3O/c1-16-5-7-19(8-6-16)37(32,33)30-15-18-9-10-28-20-13-21(26(31)25(30)24(18)20)29-14-17-11-22(34-2)27(36-4)23(12-17)35-3;1-3(8-2)4(5,6)7/h5-8,11-13,15,22,27H,9-10,14H2,1-4H3,(H,28,29);1H2,2H3/p+1. The van der Waals surface area contributed by atoms with Crippen molar-refractivity contribution in [1.29, 1.82) is 0 Å². The van der Waals surface area contributed by atoms with E-state index in [1.807, 2.05) is 19.1 Å². The van der Waals surface area contributed by atoms with Gasteiger partial charge in [0.05, 0.1) is 30.5 Å². The van der Waals surface area contributed by atoms with Crippen LogP contribution in [0.15, 0.2) is 76.0 Å². The summed E-state index contributed by atoms with van der Waals surface area (Å²) in [6.07, 6.45) is 0.887. The van der Waals surface area contributed by atoms with Crippen LogP contribution >= 0.6 is 0 Å². The van der Waals surface area contributed by atoms with E-state index in [4.69, 9.17) is 14.2 Å². The number of nitrogens with one attached hydrogen (secondary N) is 1. The van der Waals surface area contributed by atoms with Gasteiger partial charge >= 0.3 is 16.2 Å². The number of ether oxygens (including phenoxy) is 4. The molecule has 0 fully saturated rings. The third kappa shape index (κ3) is 6.92. The lowest BCUT2D eigenvalue weighted by molar-refractivity contribution is -0.253. The van der Waals surface area contributed by atoms with Gasteiger partial charge < -0.3 is 29.4 Å². The summed E-state index contributed by atoms with van der Waals surface area (Å²) in [6.45, 7) is 5.37. The number of aryl methyl sites for hydroxylation is 1. The van der Waals surface area contributed by atoms with Crippen LogP contribution < -0.4 is 15.9 Å². The Morgan fingerprint density at radius 3 is 2.40 bits per heavy atom. The van der Waals surface area contributed by atoms with E-state index in [0.717, 1.165) is 23.8 Å². The van der Waals surface area contributed by atoms with Gasteiger partial charge in [-0.25, -0.2) is 0 Å². The van der Waals surface area contributed by atoms with Gasteiger partial charge in [0, 0.05) is 32.9 Å². The SMILES string of the molecule is C=C(OC)C(F)(F)F.COC1=CC(CNc2cc3c4c(c2O)[N+](S(=O)(=O)c2ccc(C)cc2)=CC=4CCN=3)=CC(OC)C1OC. The summed E-state index contributed by atoms with van der Waals surface area (Å²) in [4.78, 5) is 4.77. The van der Waals surface area contributed by atoms with Crippen LogP contribution in [-0.4, -0.2) is 83.6 Å². The summed E-state index contributed by atoms with van der Waals surface area (Å²) in [6, 6.07) is 8.43. The maximum absolute atomic E-state index is 13.6. The topological polar surface area (TPSA) is 119 Å². The lowest BCUT2D eigenvalue weighted by Crippen LogP contribution is -2.34. The zero-order valence-electron chi connectivity index (χ0n) is 25.4. The number of phenols is 1. The Hall–Kier alpha value is -4.14. The third-order valence-electron chi connectivity index (χ3n) is 7.40. The van der Waals surface area contributed by atoms with E-state index >= 15 is 0 Å². The van der Waals surface area contributed by atoms with Gasteiger partial charge in [-0.3, -0.25) is 4.99 Å². The van der Waals surface area contributed by atoms with E-state index in [1.165, 1.54) is 3.98 Å². The molecular formula is C31H35F3N3O7S+. The van der Waals surface area contributed by atoms with E-state index in [0.29, 0.717) is 41.5 Å². The molecule has 0 bridgehead atoms. The Labute approximate surface area is 259 Å². The van der Waals surface area contributed by atoms with Crippen molar-refractivity contribution in [2.75, 3.05) is 46.8 Å². The predicted octanol–water partition coefficient (Wildman–Crippen LogP) is 3.61. The molecule has 3 aliphatic rings. The molecule has 0 spiro atoms. The van der Waals surface area contributed by atoms with Crippen molar-refractivity contribution in [2.24, 2.45) is 4.99 Å². The molecule has 2 aromatic carbocycles. The molecule has 0 radical (unpaired) electrons. The first-order chi connectivity index (χ1) is 21.3. The molecule has 45 heavy (non-hydrogen) atoms. The molecule has 2 unspecified atom stereocenters. The second-order valence-corrected chi connectivity index (χ2v) is 12.1. The summed E-state index contributed by atoms with van der Waals surface area (Å²) in [5.74, 6) is -0.693. The van der Waals surface area contributed by atoms with Crippen molar-refractivity contribution in [3.05, 3.63) is 82.3 Å². The Morgan fingerprint density at radius 1 is 1.16 bits per heavy atom. The summed E-state index contributed by atoms with van der Waals surface area (Å²) < 4.78 is 82.5. The minimum absolute atomic E-state index is 0.150. The molecule has 2 aliphatic heterocycles. The maximum atomic E-state index is 13.6. The lowest BCUT2D eigenvalue weighted by Gasteiger charge is -2.28. The predicted molar refractivity (Wildman–Crippen MR) is 162 cm³/mol. The number of anilines is 1.